The molecule has 0 aromatic rings. The average molecular weight is 651 g/mol. The Balaban J connectivity index is 3.95. The van der Waals surface area contributed by atoms with Crippen LogP contribution in [0.2, 0.25) is 0 Å². The largest absolute Gasteiger partial charge is 0.500 e. The number of rotatable bonds is 36. The van der Waals surface area contributed by atoms with Crippen LogP contribution in [0, 0.1) is 0 Å². The number of aliphatic carboxylic acids is 1. The maximum absolute atomic E-state index is 11.6. The van der Waals surface area contributed by atoms with Gasteiger partial charge in [-0.05, 0) is 76.4 Å². The fraction of sp³-hybridized carbons (Fsp3) is 0.850. The van der Waals surface area contributed by atoms with Crippen molar-refractivity contribution in [3.05, 3.63) is 24.3 Å². The summed E-state index contributed by atoms with van der Waals surface area (Å²) in [5.41, 5.74) is -1.23. The summed E-state index contributed by atoms with van der Waals surface area (Å²) in [6.07, 6.45) is 44.2. The van der Waals surface area contributed by atoms with Crippen LogP contribution in [0.25, 0.3) is 0 Å². The molecule has 0 fully saturated rings. The van der Waals surface area contributed by atoms with Crippen LogP contribution in [0.4, 0.5) is 0 Å². The third kappa shape index (κ3) is 29.9. The molecule has 2 N–H and O–H groups in total. The molecule has 1 atom stereocenters. The first-order chi connectivity index (χ1) is 22.0. The molecule has 0 rings (SSSR count). The molecule has 0 radical (unpaired) electrons. The third-order valence-corrected chi connectivity index (χ3v) is 9.33. The van der Waals surface area contributed by atoms with Gasteiger partial charge in [0.2, 0.25) is 0 Å². The van der Waals surface area contributed by atoms with Crippen LogP contribution in [-0.2, 0) is 9.53 Å². The minimum absolute atomic E-state index is 0.264. The molecule has 45 heavy (non-hydrogen) atoms. The van der Waals surface area contributed by atoms with Gasteiger partial charge in [-0.2, -0.15) is 0 Å². The Morgan fingerprint density at radius 2 is 0.867 bits per heavy atom. The van der Waals surface area contributed by atoms with E-state index in [0.29, 0.717) is 13.0 Å². The maximum atomic E-state index is 11.6. The molecule has 5 heteroatoms. The van der Waals surface area contributed by atoms with Gasteiger partial charge < -0.3 is 14.9 Å². The highest BCUT2D eigenvalue weighted by Gasteiger charge is 2.38. The van der Waals surface area contributed by atoms with Crippen molar-refractivity contribution in [2.75, 3.05) is 6.61 Å². The number of thiocarbonyl (C=S) groups is 1. The number of unbranched alkanes of at least 4 members (excludes halogenated alkanes) is 24. The number of hydrogen-bond donors (Lipinski definition) is 2. The first-order valence-electron chi connectivity index (χ1n) is 19.4. The summed E-state index contributed by atoms with van der Waals surface area (Å²) in [6.45, 7) is 4.98. The van der Waals surface area contributed by atoms with E-state index >= 15 is 0 Å². The second-order valence-electron chi connectivity index (χ2n) is 13.3. The summed E-state index contributed by atoms with van der Waals surface area (Å²) in [5.74, 6) is -0.975. The molecule has 4 nitrogen and oxygen atoms in total. The first-order valence-corrected chi connectivity index (χ1v) is 19.8. The minimum Gasteiger partial charge on any atom is -0.500 e. The Hall–Kier alpha value is -1.20. The predicted molar refractivity (Wildman–Crippen MR) is 200 cm³/mol. The molecule has 264 valence electrons. The van der Waals surface area contributed by atoms with Gasteiger partial charge in [0.05, 0.1) is 6.42 Å². The highest BCUT2D eigenvalue weighted by atomic mass is 32.1. The molecule has 0 aliphatic carbocycles. The Morgan fingerprint density at radius 1 is 0.533 bits per heavy atom. The quantitative estimate of drug-likeness (QED) is 0.0401. The molecular formula is C40H74O4S. The molecule has 0 heterocycles. The normalized spacial score (nSPS) is 13.2. The molecule has 0 aromatic carbocycles. The summed E-state index contributed by atoms with van der Waals surface area (Å²) in [6, 6.07) is 0. The molecule has 0 spiro atoms. The Labute approximate surface area is 285 Å². The number of carbonyl (C=O) groups is 1. The maximum Gasteiger partial charge on any atom is 0.306 e. The molecule has 0 aromatic heterocycles. The van der Waals surface area contributed by atoms with E-state index in [1.807, 2.05) is 0 Å². The van der Waals surface area contributed by atoms with E-state index in [-0.39, 0.29) is 11.5 Å². The summed E-state index contributed by atoms with van der Waals surface area (Å²) >= 11 is 5.13. The Kier molecular flexibility index (Phi) is 33.2. The molecule has 1 unspecified atom stereocenters. The van der Waals surface area contributed by atoms with Gasteiger partial charge >= 0.3 is 5.97 Å². The fourth-order valence-corrected chi connectivity index (χ4v) is 6.21. The number of hydrogen-bond acceptors (Lipinski definition) is 3. The lowest BCUT2D eigenvalue weighted by atomic mass is 9.92. The summed E-state index contributed by atoms with van der Waals surface area (Å²) in [7, 11) is 0. The lowest BCUT2D eigenvalue weighted by Crippen LogP contribution is -2.43. The van der Waals surface area contributed by atoms with Gasteiger partial charge in [0.25, 0.3) is 0 Å². The zero-order chi connectivity index (χ0) is 33.1. The third-order valence-electron chi connectivity index (χ3n) is 8.95. The van der Waals surface area contributed by atoms with E-state index in [4.69, 9.17) is 17.0 Å². The van der Waals surface area contributed by atoms with Crippen LogP contribution in [0.5, 0.6) is 0 Å². The highest BCUT2D eigenvalue weighted by Crippen LogP contribution is 2.27. The van der Waals surface area contributed by atoms with Gasteiger partial charge in [0, 0.05) is 6.61 Å². The van der Waals surface area contributed by atoms with Crippen molar-refractivity contribution in [1.29, 1.82) is 0 Å². The van der Waals surface area contributed by atoms with Crippen LogP contribution < -0.4 is 0 Å². The number of carboxylic acid groups (broad SMARTS) is 1. The van der Waals surface area contributed by atoms with E-state index in [9.17, 15) is 15.0 Å². The molecule has 0 amide bonds. The number of aliphatic hydroxyl groups excluding tert-OH is 1. The van der Waals surface area contributed by atoms with Crippen molar-refractivity contribution >= 4 is 23.2 Å². The van der Waals surface area contributed by atoms with Crippen LogP contribution in [0.1, 0.15) is 206 Å². The van der Waals surface area contributed by atoms with Crippen molar-refractivity contribution in [1.82, 2.24) is 0 Å². The number of aliphatic hydroxyl groups is 1. The minimum atomic E-state index is -1.23. The van der Waals surface area contributed by atoms with E-state index in [0.717, 1.165) is 38.5 Å². The lowest BCUT2D eigenvalue weighted by Gasteiger charge is -2.30. The SMILES string of the molecule is CCCCCCCCC=CCCCCCCCCOC(CCCCCCCCC=CCCCCCCCC)(CC(=O)O)C(O)=S. The van der Waals surface area contributed by atoms with E-state index < -0.39 is 11.6 Å². The van der Waals surface area contributed by atoms with Crippen LogP contribution in [-0.4, -0.2) is 33.4 Å². The molecule has 0 aliphatic rings. The van der Waals surface area contributed by atoms with Gasteiger partial charge in [0.1, 0.15) is 5.60 Å². The van der Waals surface area contributed by atoms with Crippen molar-refractivity contribution in [3.8, 4) is 0 Å². The van der Waals surface area contributed by atoms with E-state index in [2.05, 4.69) is 38.2 Å². The van der Waals surface area contributed by atoms with E-state index in [1.165, 1.54) is 141 Å². The average Bonchev–Trinajstić information content (AvgIpc) is 3.01. The zero-order valence-electron chi connectivity index (χ0n) is 29.8. The van der Waals surface area contributed by atoms with Crippen LogP contribution >= 0.6 is 12.2 Å². The molecule has 0 bridgehead atoms. The molecule has 0 aliphatic heterocycles. The predicted octanol–water partition coefficient (Wildman–Crippen LogP) is 13.6. The monoisotopic (exact) mass is 651 g/mol. The number of allylic oxidation sites excluding steroid dienone is 4. The summed E-state index contributed by atoms with van der Waals surface area (Å²) in [5, 5.41) is 19.5. The Bertz CT molecular complexity index is 719. The second-order valence-corrected chi connectivity index (χ2v) is 13.7. The lowest BCUT2D eigenvalue weighted by molar-refractivity contribution is -0.143. The van der Waals surface area contributed by atoms with Gasteiger partial charge in [-0.1, -0.05) is 160 Å². The Morgan fingerprint density at radius 3 is 1.22 bits per heavy atom. The summed E-state index contributed by atoms with van der Waals surface area (Å²) in [4.78, 5) is 11.6. The van der Waals surface area contributed by atoms with Gasteiger partial charge in [-0.15, -0.1) is 0 Å². The molecule has 0 saturated carbocycles. The van der Waals surface area contributed by atoms with Crippen molar-refractivity contribution in [3.63, 3.8) is 0 Å². The smallest absolute Gasteiger partial charge is 0.306 e. The van der Waals surface area contributed by atoms with Gasteiger partial charge in [-0.3, -0.25) is 4.79 Å². The van der Waals surface area contributed by atoms with E-state index in [1.54, 1.807) is 0 Å². The second kappa shape index (κ2) is 34.1. The van der Waals surface area contributed by atoms with Crippen LogP contribution in [0.15, 0.2) is 24.3 Å². The number of ether oxygens (including phenoxy) is 1. The number of carboxylic acids is 1. The fourth-order valence-electron chi connectivity index (χ4n) is 5.98. The van der Waals surface area contributed by atoms with Gasteiger partial charge in [0.15, 0.2) is 5.05 Å². The van der Waals surface area contributed by atoms with Crippen LogP contribution in [0.3, 0.4) is 0 Å². The van der Waals surface area contributed by atoms with Crippen molar-refractivity contribution in [2.45, 2.75) is 212 Å². The zero-order valence-corrected chi connectivity index (χ0v) is 30.7. The van der Waals surface area contributed by atoms with Crippen molar-refractivity contribution < 1.29 is 19.7 Å². The highest BCUT2D eigenvalue weighted by molar-refractivity contribution is 7.80. The molecular weight excluding hydrogens is 577 g/mol. The topological polar surface area (TPSA) is 66.8 Å². The molecule has 0 saturated heterocycles. The van der Waals surface area contributed by atoms with Gasteiger partial charge in [-0.25, -0.2) is 0 Å². The standard InChI is InChI=1S/C40H74O4S/c1-3-5-7-9-11-13-15-17-19-21-23-25-27-29-31-33-35-40(39(43)45,37-38(41)42)44-36-34-32-30-28-26-24-22-20-18-16-14-12-10-8-6-4-2/h17-20H,3-16,21-37H2,1-2H3,(H,41,42)(H,43,45). The van der Waals surface area contributed by atoms with Crippen molar-refractivity contribution in [2.24, 2.45) is 0 Å². The summed E-state index contributed by atoms with van der Waals surface area (Å²) < 4.78 is 6.06. The first kappa shape index (κ1) is 43.8.